The zero-order valence-electron chi connectivity index (χ0n) is 15.7. The number of hydrogen-bond acceptors (Lipinski definition) is 6. The Hall–Kier alpha value is -2.93. The van der Waals surface area contributed by atoms with E-state index in [4.69, 9.17) is 21.6 Å². The van der Waals surface area contributed by atoms with E-state index in [0.717, 1.165) is 4.31 Å². The van der Waals surface area contributed by atoms with Crippen molar-refractivity contribution in [1.29, 1.82) is 5.26 Å². The van der Waals surface area contributed by atoms with Crippen LogP contribution < -0.4 is 5.32 Å². The number of hydrogen-bond donors (Lipinski definition) is 1. The Balaban J connectivity index is 2.10. The number of esters is 1. The fourth-order valence-electron chi connectivity index (χ4n) is 2.27. The average Bonchev–Trinajstić information content (AvgIpc) is 2.70. The highest BCUT2D eigenvalue weighted by Gasteiger charge is 2.20. The summed E-state index contributed by atoms with van der Waals surface area (Å²) in [5.41, 5.74) is 1.01. The maximum atomic E-state index is 12.5. The van der Waals surface area contributed by atoms with Crippen molar-refractivity contribution in [2.75, 3.05) is 20.7 Å². The van der Waals surface area contributed by atoms with E-state index in [9.17, 15) is 18.0 Å². The predicted molar refractivity (Wildman–Crippen MR) is 106 cm³/mol. The van der Waals surface area contributed by atoms with E-state index in [1.165, 1.54) is 44.4 Å². The van der Waals surface area contributed by atoms with Crippen molar-refractivity contribution < 1.29 is 22.7 Å². The van der Waals surface area contributed by atoms with Crippen molar-refractivity contribution in [2.45, 2.75) is 11.4 Å². The lowest BCUT2D eigenvalue weighted by atomic mass is 10.1. The SMILES string of the molecule is CN(C)S(=O)(=O)c1ccc(Cl)c(C(=O)NCc2ccc(C(=O)OCC#N)cc2)c1. The molecule has 0 aromatic heterocycles. The largest absolute Gasteiger partial charge is 0.447 e. The zero-order chi connectivity index (χ0) is 21.6. The van der Waals surface area contributed by atoms with Crippen molar-refractivity contribution in [3.8, 4) is 6.07 Å². The van der Waals surface area contributed by atoms with Crippen molar-refractivity contribution >= 4 is 33.5 Å². The standard InChI is InChI=1S/C19H18ClN3O5S/c1-23(2)29(26,27)15-7-8-17(20)16(11-15)18(24)22-12-13-3-5-14(6-4-13)19(25)28-10-9-21/h3-8,11H,10,12H2,1-2H3,(H,22,24). The second-order valence-corrected chi connectivity index (χ2v) is 8.60. The maximum absolute atomic E-state index is 12.5. The van der Waals surface area contributed by atoms with Crippen LogP contribution in [0.4, 0.5) is 0 Å². The van der Waals surface area contributed by atoms with Gasteiger partial charge < -0.3 is 10.1 Å². The van der Waals surface area contributed by atoms with Crippen LogP contribution in [0.25, 0.3) is 0 Å². The Kier molecular flexibility index (Phi) is 7.34. The summed E-state index contributed by atoms with van der Waals surface area (Å²) in [6.07, 6.45) is 0. The Bertz CT molecular complexity index is 1060. The second-order valence-electron chi connectivity index (χ2n) is 6.04. The van der Waals surface area contributed by atoms with Gasteiger partial charge >= 0.3 is 5.97 Å². The Morgan fingerprint density at radius 2 is 1.83 bits per heavy atom. The molecule has 0 bridgehead atoms. The molecule has 1 N–H and O–H groups in total. The van der Waals surface area contributed by atoms with E-state index in [0.29, 0.717) is 5.56 Å². The molecule has 0 heterocycles. The van der Waals surface area contributed by atoms with Crippen LogP contribution in [0.3, 0.4) is 0 Å². The summed E-state index contributed by atoms with van der Waals surface area (Å²) in [5.74, 6) is -1.16. The molecule has 0 aliphatic carbocycles. The monoisotopic (exact) mass is 435 g/mol. The van der Waals surface area contributed by atoms with Gasteiger partial charge in [-0.05, 0) is 35.9 Å². The van der Waals surface area contributed by atoms with E-state index in [-0.39, 0.29) is 34.2 Å². The first-order chi connectivity index (χ1) is 13.7. The number of ether oxygens (including phenoxy) is 1. The number of sulfonamides is 1. The molecule has 1 amide bonds. The van der Waals surface area contributed by atoms with E-state index in [1.54, 1.807) is 18.2 Å². The van der Waals surface area contributed by atoms with Crippen LogP contribution in [0.2, 0.25) is 5.02 Å². The van der Waals surface area contributed by atoms with E-state index < -0.39 is 21.9 Å². The first-order valence-corrected chi connectivity index (χ1v) is 10.1. The van der Waals surface area contributed by atoms with Crippen LogP contribution in [-0.2, 0) is 21.3 Å². The smallest absolute Gasteiger partial charge is 0.339 e. The lowest BCUT2D eigenvalue weighted by Gasteiger charge is -2.13. The lowest BCUT2D eigenvalue weighted by molar-refractivity contribution is 0.0554. The molecule has 0 saturated heterocycles. The first-order valence-electron chi connectivity index (χ1n) is 8.30. The number of rotatable bonds is 7. The molecule has 0 aliphatic rings. The van der Waals surface area contributed by atoms with Gasteiger partial charge in [0.15, 0.2) is 6.61 Å². The Labute approximate surface area is 173 Å². The Morgan fingerprint density at radius 1 is 1.17 bits per heavy atom. The summed E-state index contributed by atoms with van der Waals surface area (Å²) in [5, 5.41) is 11.2. The second kappa shape index (κ2) is 9.52. The molecule has 0 fully saturated rings. The van der Waals surface area contributed by atoms with Crippen molar-refractivity contribution in [1.82, 2.24) is 9.62 Å². The van der Waals surface area contributed by atoms with Crippen LogP contribution in [0.5, 0.6) is 0 Å². The van der Waals surface area contributed by atoms with Gasteiger partial charge in [0.1, 0.15) is 6.07 Å². The molecule has 0 atom stereocenters. The molecular formula is C19H18ClN3O5S. The number of nitriles is 1. The van der Waals surface area contributed by atoms with Gasteiger partial charge in [-0.15, -0.1) is 0 Å². The number of halogens is 1. The number of benzene rings is 2. The molecular weight excluding hydrogens is 418 g/mol. The summed E-state index contributed by atoms with van der Waals surface area (Å²) in [6.45, 7) is -0.201. The predicted octanol–water partition coefficient (Wildman–Crippen LogP) is 2.20. The minimum absolute atomic E-state index is 0.0336. The zero-order valence-corrected chi connectivity index (χ0v) is 17.2. The number of carbonyl (C=O) groups is 2. The molecule has 2 rings (SSSR count). The molecule has 8 nitrogen and oxygen atoms in total. The normalized spacial score (nSPS) is 11.0. The topological polar surface area (TPSA) is 117 Å². The van der Waals surface area contributed by atoms with Gasteiger partial charge in [-0.3, -0.25) is 4.79 Å². The summed E-state index contributed by atoms with van der Waals surface area (Å²) >= 11 is 6.06. The van der Waals surface area contributed by atoms with E-state index >= 15 is 0 Å². The molecule has 0 aliphatic heterocycles. The van der Waals surface area contributed by atoms with Gasteiger partial charge in [-0.25, -0.2) is 17.5 Å². The summed E-state index contributed by atoms with van der Waals surface area (Å²) in [7, 11) is -0.921. The molecule has 0 saturated carbocycles. The van der Waals surface area contributed by atoms with Gasteiger partial charge in [0.2, 0.25) is 10.0 Å². The van der Waals surface area contributed by atoms with Gasteiger partial charge in [-0.2, -0.15) is 5.26 Å². The number of nitrogens with zero attached hydrogens (tertiary/aromatic N) is 2. The van der Waals surface area contributed by atoms with Crippen LogP contribution in [0.1, 0.15) is 26.3 Å². The van der Waals surface area contributed by atoms with Gasteiger partial charge in [0.05, 0.1) is 21.0 Å². The highest BCUT2D eigenvalue weighted by molar-refractivity contribution is 7.89. The fourth-order valence-corrected chi connectivity index (χ4v) is 3.40. The minimum atomic E-state index is -3.71. The quantitative estimate of drug-likeness (QED) is 0.666. The summed E-state index contributed by atoms with van der Waals surface area (Å²) < 4.78 is 30.2. The van der Waals surface area contributed by atoms with Crippen molar-refractivity contribution in [3.63, 3.8) is 0 Å². The Morgan fingerprint density at radius 3 is 2.41 bits per heavy atom. The van der Waals surface area contributed by atoms with Gasteiger partial charge in [0.25, 0.3) is 5.91 Å². The van der Waals surface area contributed by atoms with Gasteiger partial charge in [0, 0.05) is 20.6 Å². The molecule has 2 aromatic rings. The van der Waals surface area contributed by atoms with Gasteiger partial charge in [-0.1, -0.05) is 23.7 Å². The molecule has 0 radical (unpaired) electrons. The average molecular weight is 436 g/mol. The van der Waals surface area contributed by atoms with E-state index in [2.05, 4.69) is 5.32 Å². The summed E-state index contributed by atoms with van der Waals surface area (Å²) in [4.78, 5) is 24.1. The molecule has 10 heteroatoms. The molecule has 2 aromatic carbocycles. The van der Waals surface area contributed by atoms with Crippen LogP contribution >= 0.6 is 11.6 Å². The highest BCUT2D eigenvalue weighted by Crippen LogP contribution is 2.22. The molecule has 0 spiro atoms. The maximum Gasteiger partial charge on any atom is 0.339 e. The first kappa shape index (κ1) is 22.4. The lowest BCUT2D eigenvalue weighted by Crippen LogP contribution is -2.25. The van der Waals surface area contributed by atoms with E-state index in [1.807, 2.05) is 0 Å². The third kappa shape index (κ3) is 5.54. The minimum Gasteiger partial charge on any atom is -0.447 e. The summed E-state index contributed by atoms with van der Waals surface area (Å²) in [6, 6.07) is 11.9. The van der Waals surface area contributed by atoms with Crippen LogP contribution in [-0.4, -0.2) is 45.3 Å². The highest BCUT2D eigenvalue weighted by atomic mass is 35.5. The molecule has 29 heavy (non-hydrogen) atoms. The third-order valence-electron chi connectivity index (χ3n) is 3.87. The van der Waals surface area contributed by atoms with Crippen molar-refractivity contribution in [3.05, 3.63) is 64.2 Å². The molecule has 0 unspecified atom stereocenters. The fraction of sp³-hybridized carbons (Fsp3) is 0.211. The molecule has 152 valence electrons. The van der Waals surface area contributed by atoms with Crippen molar-refractivity contribution in [2.24, 2.45) is 0 Å². The van der Waals surface area contributed by atoms with Crippen LogP contribution in [0.15, 0.2) is 47.4 Å². The number of nitrogens with one attached hydrogen (secondary N) is 1. The number of carbonyl (C=O) groups excluding carboxylic acids is 2. The third-order valence-corrected chi connectivity index (χ3v) is 6.01. The number of amides is 1. The van der Waals surface area contributed by atoms with Crippen LogP contribution in [0, 0.1) is 11.3 Å².